The first kappa shape index (κ1) is 9.23. The monoisotopic (exact) mass is 165 g/mol. The standard InChI is InChI=1S/C10H15NO/c1-10(12)6-4-9(5-7-10)3-2-8-11/h2-6,12H,7-8,11H2,1H3/b3-2+. The zero-order valence-corrected chi connectivity index (χ0v) is 7.33. The number of rotatable bonds is 2. The predicted molar refractivity (Wildman–Crippen MR) is 50.7 cm³/mol. The van der Waals surface area contributed by atoms with Gasteiger partial charge in [0, 0.05) is 6.54 Å². The Morgan fingerprint density at radius 2 is 2.50 bits per heavy atom. The van der Waals surface area contributed by atoms with E-state index in [4.69, 9.17) is 5.73 Å². The van der Waals surface area contributed by atoms with E-state index in [1.807, 2.05) is 30.4 Å². The topological polar surface area (TPSA) is 46.2 Å². The first-order valence-electron chi connectivity index (χ1n) is 4.12. The molecular formula is C10H15NO. The van der Waals surface area contributed by atoms with Crippen LogP contribution < -0.4 is 5.73 Å². The molecule has 0 amide bonds. The van der Waals surface area contributed by atoms with E-state index in [9.17, 15) is 5.11 Å². The highest BCUT2D eigenvalue weighted by atomic mass is 16.3. The quantitative estimate of drug-likeness (QED) is 0.644. The second-order valence-corrected chi connectivity index (χ2v) is 3.24. The van der Waals surface area contributed by atoms with Crippen LogP contribution in [0.15, 0.2) is 36.0 Å². The summed E-state index contributed by atoms with van der Waals surface area (Å²) in [5.74, 6) is 0. The first-order chi connectivity index (χ1) is 5.64. The normalized spacial score (nSPS) is 29.4. The van der Waals surface area contributed by atoms with Gasteiger partial charge in [0.05, 0.1) is 5.60 Å². The molecule has 2 heteroatoms. The fourth-order valence-corrected chi connectivity index (χ4v) is 1.06. The zero-order chi connectivity index (χ0) is 9.03. The van der Waals surface area contributed by atoms with Crippen LogP contribution in [0.25, 0.3) is 0 Å². The first-order valence-corrected chi connectivity index (χ1v) is 4.12. The third-order valence-electron chi connectivity index (χ3n) is 1.83. The molecule has 66 valence electrons. The molecule has 1 unspecified atom stereocenters. The van der Waals surface area contributed by atoms with Crippen molar-refractivity contribution in [3.8, 4) is 0 Å². The maximum absolute atomic E-state index is 9.54. The Hall–Kier alpha value is -0.860. The Kier molecular flexibility index (Phi) is 2.84. The summed E-state index contributed by atoms with van der Waals surface area (Å²) < 4.78 is 0. The molecule has 0 heterocycles. The number of nitrogens with two attached hydrogens (primary N) is 1. The molecule has 1 aliphatic rings. The molecule has 0 fully saturated rings. The molecule has 12 heavy (non-hydrogen) atoms. The Balaban J connectivity index is 2.58. The molecule has 0 saturated heterocycles. The lowest BCUT2D eigenvalue weighted by Gasteiger charge is -2.20. The molecule has 0 saturated carbocycles. The van der Waals surface area contributed by atoms with Gasteiger partial charge < -0.3 is 10.8 Å². The minimum Gasteiger partial charge on any atom is -0.386 e. The summed E-state index contributed by atoms with van der Waals surface area (Å²) in [6.45, 7) is 2.35. The lowest BCUT2D eigenvalue weighted by Crippen LogP contribution is -2.21. The Morgan fingerprint density at radius 3 is 3.00 bits per heavy atom. The van der Waals surface area contributed by atoms with Gasteiger partial charge in [-0.15, -0.1) is 0 Å². The van der Waals surface area contributed by atoms with E-state index in [-0.39, 0.29) is 0 Å². The number of hydrogen-bond acceptors (Lipinski definition) is 2. The van der Waals surface area contributed by atoms with E-state index in [2.05, 4.69) is 0 Å². The van der Waals surface area contributed by atoms with Gasteiger partial charge in [-0.05, 0) is 18.9 Å². The van der Waals surface area contributed by atoms with Gasteiger partial charge in [-0.25, -0.2) is 0 Å². The summed E-state index contributed by atoms with van der Waals surface area (Å²) in [5.41, 5.74) is 5.76. The maximum atomic E-state index is 9.54. The van der Waals surface area contributed by atoms with Crippen molar-refractivity contribution in [3.63, 3.8) is 0 Å². The van der Waals surface area contributed by atoms with Gasteiger partial charge in [-0.1, -0.05) is 30.4 Å². The lowest BCUT2D eigenvalue weighted by atomic mass is 9.94. The van der Waals surface area contributed by atoms with Gasteiger partial charge in [0.15, 0.2) is 0 Å². The molecule has 0 aromatic heterocycles. The number of allylic oxidation sites excluding steroid dienone is 3. The third-order valence-corrected chi connectivity index (χ3v) is 1.83. The van der Waals surface area contributed by atoms with Crippen molar-refractivity contribution in [2.24, 2.45) is 5.73 Å². The molecule has 2 nitrogen and oxygen atoms in total. The summed E-state index contributed by atoms with van der Waals surface area (Å²) >= 11 is 0. The fraction of sp³-hybridized carbons (Fsp3) is 0.400. The summed E-state index contributed by atoms with van der Waals surface area (Å²) in [7, 11) is 0. The van der Waals surface area contributed by atoms with E-state index in [0.717, 1.165) is 5.57 Å². The molecular weight excluding hydrogens is 150 g/mol. The van der Waals surface area contributed by atoms with Crippen molar-refractivity contribution >= 4 is 0 Å². The second kappa shape index (κ2) is 3.70. The average molecular weight is 165 g/mol. The SMILES string of the molecule is CC1(O)C=CC(/C=C/CN)=CC1. The molecule has 3 N–H and O–H groups in total. The fourth-order valence-electron chi connectivity index (χ4n) is 1.06. The molecule has 0 spiro atoms. The van der Waals surface area contributed by atoms with E-state index in [1.54, 1.807) is 6.92 Å². The van der Waals surface area contributed by atoms with Crippen molar-refractivity contribution in [2.45, 2.75) is 18.9 Å². The molecule has 0 aromatic carbocycles. The third kappa shape index (κ3) is 2.64. The van der Waals surface area contributed by atoms with Gasteiger partial charge >= 0.3 is 0 Å². The van der Waals surface area contributed by atoms with Crippen molar-refractivity contribution < 1.29 is 5.11 Å². The lowest BCUT2D eigenvalue weighted by molar-refractivity contribution is 0.114. The van der Waals surface area contributed by atoms with Crippen molar-refractivity contribution in [1.29, 1.82) is 0 Å². The molecule has 1 aliphatic carbocycles. The van der Waals surface area contributed by atoms with E-state index >= 15 is 0 Å². The summed E-state index contributed by atoms with van der Waals surface area (Å²) in [5, 5.41) is 9.54. The predicted octanol–water partition coefficient (Wildman–Crippen LogP) is 1.14. The minimum absolute atomic E-state index is 0.557. The van der Waals surface area contributed by atoms with Gasteiger partial charge in [0.1, 0.15) is 0 Å². The van der Waals surface area contributed by atoms with Crippen LogP contribution in [-0.2, 0) is 0 Å². The summed E-state index contributed by atoms with van der Waals surface area (Å²) in [4.78, 5) is 0. The Morgan fingerprint density at radius 1 is 1.75 bits per heavy atom. The summed E-state index contributed by atoms with van der Waals surface area (Å²) in [6, 6.07) is 0. The van der Waals surface area contributed by atoms with E-state index < -0.39 is 5.60 Å². The van der Waals surface area contributed by atoms with Crippen molar-refractivity contribution in [3.05, 3.63) is 36.0 Å². The largest absolute Gasteiger partial charge is 0.386 e. The Labute approximate surface area is 73.1 Å². The van der Waals surface area contributed by atoms with Crippen LogP contribution in [0, 0.1) is 0 Å². The van der Waals surface area contributed by atoms with Crippen LogP contribution in [0.3, 0.4) is 0 Å². The highest BCUT2D eigenvalue weighted by Gasteiger charge is 2.16. The van der Waals surface area contributed by atoms with Gasteiger partial charge in [0.25, 0.3) is 0 Å². The van der Waals surface area contributed by atoms with Crippen molar-refractivity contribution in [2.75, 3.05) is 6.54 Å². The number of hydrogen-bond donors (Lipinski definition) is 2. The summed E-state index contributed by atoms with van der Waals surface area (Å²) in [6.07, 6.45) is 10.3. The molecule has 1 rings (SSSR count). The van der Waals surface area contributed by atoms with E-state index in [0.29, 0.717) is 13.0 Å². The van der Waals surface area contributed by atoms with Crippen LogP contribution in [0.2, 0.25) is 0 Å². The van der Waals surface area contributed by atoms with E-state index in [1.165, 1.54) is 0 Å². The molecule has 0 aliphatic heterocycles. The van der Waals surface area contributed by atoms with Gasteiger partial charge in [-0.2, -0.15) is 0 Å². The minimum atomic E-state index is -0.667. The highest BCUT2D eigenvalue weighted by Crippen LogP contribution is 2.20. The van der Waals surface area contributed by atoms with Gasteiger partial charge in [0.2, 0.25) is 0 Å². The maximum Gasteiger partial charge on any atom is 0.0837 e. The van der Waals surface area contributed by atoms with Crippen LogP contribution in [-0.4, -0.2) is 17.3 Å². The second-order valence-electron chi connectivity index (χ2n) is 3.24. The van der Waals surface area contributed by atoms with Crippen LogP contribution in [0.4, 0.5) is 0 Å². The zero-order valence-electron chi connectivity index (χ0n) is 7.33. The number of aliphatic hydroxyl groups is 1. The van der Waals surface area contributed by atoms with Crippen LogP contribution in [0.1, 0.15) is 13.3 Å². The highest BCUT2D eigenvalue weighted by molar-refractivity contribution is 5.35. The molecule has 0 aromatic rings. The smallest absolute Gasteiger partial charge is 0.0837 e. The molecule has 0 radical (unpaired) electrons. The Bertz CT molecular complexity index is 236. The molecule has 0 bridgehead atoms. The van der Waals surface area contributed by atoms with Gasteiger partial charge in [-0.3, -0.25) is 0 Å². The van der Waals surface area contributed by atoms with Crippen LogP contribution in [0.5, 0.6) is 0 Å². The average Bonchev–Trinajstić information content (AvgIpc) is 2.03. The molecule has 1 atom stereocenters. The van der Waals surface area contributed by atoms with Crippen molar-refractivity contribution in [1.82, 2.24) is 0 Å². The van der Waals surface area contributed by atoms with Crippen LogP contribution >= 0.6 is 0 Å².